The van der Waals surface area contributed by atoms with Gasteiger partial charge in [-0.05, 0) is 12.1 Å². The van der Waals surface area contributed by atoms with Crippen molar-refractivity contribution in [1.82, 2.24) is 4.57 Å². The summed E-state index contributed by atoms with van der Waals surface area (Å²) in [5, 5.41) is 0.447. The summed E-state index contributed by atoms with van der Waals surface area (Å²) in [7, 11) is 0. The third-order valence-corrected chi connectivity index (χ3v) is 3.14. The average Bonchev–Trinajstić information content (AvgIpc) is 2.65. The fourth-order valence-electron chi connectivity index (χ4n) is 1.73. The van der Waals surface area contributed by atoms with E-state index in [1.807, 2.05) is 28.5 Å². The van der Waals surface area contributed by atoms with Crippen molar-refractivity contribution in [2.24, 2.45) is 0 Å². The molecule has 0 bridgehead atoms. The second kappa shape index (κ2) is 4.72. The zero-order chi connectivity index (χ0) is 12.4. The van der Waals surface area contributed by atoms with Crippen LogP contribution >= 0.6 is 11.6 Å². The molecule has 0 saturated heterocycles. The molecule has 0 spiro atoms. The van der Waals surface area contributed by atoms with Gasteiger partial charge in [-0.25, -0.2) is 13.5 Å². The van der Waals surface area contributed by atoms with Gasteiger partial charge in [-0.15, -0.1) is 0 Å². The van der Waals surface area contributed by atoms with Gasteiger partial charge in [-0.3, -0.25) is 0 Å². The van der Waals surface area contributed by atoms with Crippen LogP contribution in [0.2, 0.25) is 5.02 Å². The summed E-state index contributed by atoms with van der Waals surface area (Å²) in [5.74, 6) is 0.690. The lowest BCUT2D eigenvalue weighted by Crippen LogP contribution is -2.36. The highest BCUT2D eigenvalue weighted by molar-refractivity contribution is 6.31. The molecule has 0 fully saturated rings. The first-order chi connectivity index (χ1) is 8.13. The van der Waals surface area contributed by atoms with Crippen molar-refractivity contribution in [2.45, 2.75) is 13.5 Å². The normalized spacial score (nSPS) is 10.5. The van der Waals surface area contributed by atoms with Crippen LogP contribution in [0.25, 0.3) is 6.20 Å². The molecule has 1 aromatic heterocycles. The Morgan fingerprint density at radius 2 is 2.29 bits per heavy atom. The molecule has 2 nitrogen and oxygen atoms in total. The van der Waals surface area contributed by atoms with Crippen molar-refractivity contribution in [2.75, 3.05) is 0 Å². The molecule has 0 amide bonds. The second-order valence-corrected chi connectivity index (χ2v) is 4.17. The van der Waals surface area contributed by atoms with Crippen molar-refractivity contribution >= 4 is 17.8 Å². The molecule has 0 aliphatic rings. The van der Waals surface area contributed by atoms with E-state index in [2.05, 4.69) is 6.58 Å². The maximum atomic E-state index is 13.6. The molecule has 2 aromatic rings. The number of imidazole rings is 1. The summed E-state index contributed by atoms with van der Waals surface area (Å²) < 4.78 is 17.4. The van der Waals surface area contributed by atoms with Gasteiger partial charge in [0.05, 0.1) is 11.2 Å². The number of rotatable bonds is 3. The molecule has 17 heavy (non-hydrogen) atoms. The molecule has 0 aliphatic heterocycles. The van der Waals surface area contributed by atoms with E-state index in [0.717, 1.165) is 5.82 Å². The predicted octanol–water partition coefficient (Wildman–Crippen LogP) is 3.03. The van der Waals surface area contributed by atoms with Crippen LogP contribution in [0.3, 0.4) is 0 Å². The lowest BCUT2D eigenvalue weighted by molar-refractivity contribution is -0.693. The Balaban J connectivity index is 2.38. The Bertz CT molecular complexity index is 540. The van der Waals surface area contributed by atoms with Crippen LogP contribution in [0.4, 0.5) is 4.39 Å². The van der Waals surface area contributed by atoms with E-state index in [0.29, 0.717) is 17.1 Å². The third-order valence-electron chi connectivity index (χ3n) is 2.78. The lowest BCUT2D eigenvalue weighted by Gasteiger charge is -2.04. The lowest BCUT2D eigenvalue weighted by atomic mass is 10.2. The zero-order valence-corrected chi connectivity index (χ0v) is 10.3. The second-order valence-electron chi connectivity index (χ2n) is 3.76. The van der Waals surface area contributed by atoms with Crippen LogP contribution in [0, 0.1) is 12.7 Å². The topological polar surface area (TPSA) is 8.81 Å². The van der Waals surface area contributed by atoms with E-state index in [1.165, 1.54) is 6.07 Å². The Morgan fingerprint density at radius 3 is 2.88 bits per heavy atom. The Hall–Kier alpha value is -1.61. The van der Waals surface area contributed by atoms with Crippen LogP contribution in [-0.4, -0.2) is 4.57 Å². The number of benzene rings is 1. The van der Waals surface area contributed by atoms with Gasteiger partial charge in [0.2, 0.25) is 0 Å². The van der Waals surface area contributed by atoms with E-state index >= 15 is 0 Å². The summed E-state index contributed by atoms with van der Waals surface area (Å²) in [6.45, 7) is 6.05. The number of halogens is 2. The van der Waals surface area contributed by atoms with Crippen molar-refractivity contribution in [1.29, 1.82) is 0 Å². The first-order valence-corrected chi connectivity index (χ1v) is 5.63. The number of hydrogen-bond acceptors (Lipinski definition) is 0. The zero-order valence-electron chi connectivity index (χ0n) is 9.53. The first-order valence-electron chi connectivity index (χ1n) is 5.26. The predicted molar refractivity (Wildman–Crippen MR) is 66.3 cm³/mol. The van der Waals surface area contributed by atoms with Crippen LogP contribution in [-0.2, 0) is 6.54 Å². The molecular weight excluding hydrogens is 239 g/mol. The van der Waals surface area contributed by atoms with Gasteiger partial charge >= 0.3 is 0 Å². The highest BCUT2D eigenvalue weighted by atomic mass is 35.5. The maximum Gasteiger partial charge on any atom is 0.258 e. The summed E-state index contributed by atoms with van der Waals surface area (Å²) in [6.07, 6.45) is 5.45. The first kappa shape index (κ1) is 11.9. The Labute approximate surface area is 105 Å². The Morgan fingerprint density at radius 1 is 1.53 bits per heavy atom. The van der Waals surface area contributed by atoms with Gasteiger partial charge in [-0.2, -0.15) is 0 Å². The summed E-state index contributed by atoms with van der Waals surface area (Å²) >= 11 is 5.99. The minimum Gasteiger partial charge on any atom is -0.230 e. The molecule has 0 saturated carbocycles. The van der Waals surface area contributed by atoms with Crippen molar-refractivity contribution < 1.29 is 8.96 Å². The molecule has 4 heteroatoms. The summed E-state index contributed by atoms with van der Waals surface area (Å²) in [6, 6.07) is 4.72. The molecule has 88 valence electrons. The summed E-state index contributed by atoms with van der Waals surface area (Å²) in [4.78, 5) is 0. The molecule has 0 atom stereocenters. The van der Waals surface area contributed by atoms with Gasteiger partial charge < -0.3 is 0 Å². The number of nitrogens with zero attached hydrogens (tertiary/aromatic N) is 2. The minimum absolute atomic E-state index is 0.282. The van der Waals surface area contributed by atoms with E-state index in [-0.39, 0.29) is 5.82 Å². The molecule has 0 unspecified atom stereocenters. The van der Waals surface area contributed by atoms with Crippen molar-refractivity contribution in [3.63, 3.8) is 0 Å². The standard InChI is InChI=1S/C13H13ClFN2/c1-3-16-7-8-17(10(16)2)9-11-12(14)5-4-6-13(11)15/h3-8H,1,9H2,2H3/q+1. The van der Waals surface area contributed by atoms with E-state index in [1.54, 1.807) is 18.3 Å². The van der Waals surface area contributed by atoms with Crippen molar-refractivity contribution in [3.05, 3.63) is 59.4 Å². The number of hydrogen-bond donors (Lipinski definition) is 0. The third kappa shape index (κ3) is 2.24. The fourth-order valence-corrected chi connectivity index (χ4v) is 1.95. The minimum atomic E-state index is -0.282. The molecule has 2 rings (SSSR count). The quantitative estimate of drug-likeness (QED) is 0.742. The van der Waals surface area contributed by atoms with Gasteiger partial charge in [0.1, 0.15) is 24.8 Å². The smallest absolute Gasteiger partial charge is 0.230 e. The van der Waals surface area contributed by atoms with Crippen molar-refractivity contribution in [3.8, 4) is 0 Å². The number of aromatic nitrogens is 2. The van der Waals surface area contributed by atoms with Gasteiger partial charge in [0.25, 0.3) is 5.82 Å². The van der Waals surface area contributed by atoms with Gasteiger partial charge in [0.15, 0.2) is 0 Å². The fraction of sp³-hybridized carbons (Fsp3) is 0.154. The van der Waals surface area contributed by atoms with E-state index < -0.39 is 0 Å². The van der Waals surface area contributed by atoms with Crippen LogP contribution in [0.1, 0.15) is 11.4 Å². The average molecular weight is 252 g/mol. The Kier molecular flexibility index (Phi) is 3.29. The molecule has 0 aliphatic carbocycles. The molecule has 1 aromatic carbocycles. The van der Waals surface area contributed by atoms with Gasteiger partial charge in [-0.1, -0.05) is 24.2 Å². The molecule has 0 N–H and O–H groups in total. The maximum absolute atomic E-state index is 13.6. The van der Waals surface area contributed by atoms with Gasteiger partial charge in [0, 0.05) is 12.5 Å². The highest BCUT2D eigenvalue weighted by Crippen LogP contribution is 2.18. The van der Waals surface area contributed by atoms with E-state index in [4.69, 9.17) is 11.6 Å². The monoisotopic (exact) mass is 251 g/mol. The van der Waals surface area contributed by atoms with Crippen LogP contribution in [0.15, 0.2) is 37.2 Å². The van der Waals surface area contributed by atoms with Crippen LogP contribution < -0.4 is 4.57 Å². The molecular formula is C13H13ClFN2+. The summed E-state index contributed by atoms with van der Waals surface area (Å²) in [5.41, 5.74) is 0.504. The van der Waals surface area contributed by atoms with E-state index in [9.17, 15) is 4.39 Å². The van der Waals surface area contributed by atoms with Crippen LogP contribution in [0.5, 0.6) is 0 Å². The molecule has 1 heterocycles. The molecule has 0 radical (unpaired) electrons. The SMILES string of the molecule is C=Cn1cc[n+](Cc2c(F)cccc2Cl)c1C. The highest BCUT2D eigenvalue weighted by Gasteiger charge is 2.14. The largest absolute Gasteiger partial charge is 0.258 e.